The molecule has 0 aromatic rings. The van der Waals surface area contributed by atoms with Gasteiger partial charge in [-0.05, 0) is 22.7 Å². The summed E-state index contributed by atoms with van der Waals surface area (Å²) in [6, 6.07) is 1.81. The number of hydrogen-bond donors (Lipinski definition) is 0. The molecule has 6 atom stereocenters. The van der Waals surface area contributed by atoms with E-state index in [9.17, 15) is 25.2 Å². The largest absolute Gasteiger partial charge is 0 e. The molecule has 0 aromatic heterocycles. The van der Waals surface area contributed by atoms with Gasteiger partial charge in [0, 0.05) is 20.1 Å². The van der Waals surface area contributed by atoms with Gasteiger partial charge >= 0.3 is 33.0 Å². The quantitative estimate of drug-likeness (QED) is 0.117. The normalized spacial score (nSPS) is 28.8. The number of hydrogen-bond acceptors (Lipinski definition) is 0. The molecule has 6 unspecified atom stereocenters. The van der Waals surface area contributed by atoms with E-state index in [1.807, 2.05) is 0 Å². The number of halogens is 6. The van der Waals surface area contributed by atoms with Crippen molar-refractivity contribution in [3.63, 3.8) is 0 Å². The summed E-state index contributed by atoms with van der Waals surface area (Å²) < 4.78 is 59.2. The van der Waals surface area contributed by atoms with E-state index in [2.05, 4.69) is 142 Å². The van der Waals surface area contributed by atoms with Crippen molar-refractivity contribution in [1.82, 2.24) is 0 Å². The first-order chi connectivity index (χ1) is 26.8. The van der Waals surface area contributed by atoms with Gasteiger partial charge < -0.3 is 21.3 Å². The molecule has 60 heavy (non-hydrogen) atoms. The third kappa shape index (κ3) is 21.4. The SMILES string of the molecule is CC(C)(C)C1CC[N-]C(C2CC(C(C)(C)C)CC[N-]2)C1.CC(C)(C)[C-]1C=C=C(C2CCCC[N-]2)C=C1.CC(C)(C)[C-]1C=C=C(C2CCCC[N-]2)C=C1.F[P-](F)(F)(F)(F)F.[Ir]. The minimum atomic E-state index is -10.7. The molecule has 2 aliphatic carbocycles. The zero-order chi connectivity index (χ0) is 44.6. The molecule has 12 heteroatoms. The molecule has 1 radical (unpaired) electrons. The Morgan fingerprint density at radius 3 is 1.08 bits per heavy atom. The summed E-state index contributed by atoms with van der Waals surface area (Å²) in [5, 5.41) is 19.2. The van der Waals surface area contributed by atoms with Gasteiger partial charge in [0.25, 0.3) is 0 Å². The van der Waals surface area contributed by atoms with Gasteiger partial charge in [-0.2, -0.15) is 36.4 Å². The smallest absolute Gasteiger partial charge is 0 e. The van der Waals surface area contributed by atoms with Crippen molar-refractivity contribution in [1.29, 1.82) is 0 Å². The van der Waals surface area contributed by atoms with Crippen LogP contribution in [0, 0.1) is 45.3 Å². The zero-order valence-corrected chi connectivity index (χ0v) is 42.0. The Hall–Kier alpha value is -1.24. The van der Waals surface area contributed by atoms with Crippen LogP contribution in [0.15, 0.2) is 59.1 Å². The van der Waals surface area contributed by atoms with Crippen molar-refractivity contribution in [2.45, 2.75) is 171 Å². The third-order valence-corrected chi connectivity index (χ3v) is 12.2. The molecular weight excluding hydrogens is 970 g/mol. The van der Waals surface area contributed by atoms with Crippen molar-refractivity contribution in [3.8, 4) is 0 Å². The summed E-state index contributed by atoms with van der Waals surface area (Å²) in [5.74, 6) is 4.34. The van der Waals surface area contributed by atoms with Gasteiger partial charge in [0.2, 0.25) is 0 Å². The Morgan fingerprint density at radius 1 is 0.517 bits per heavy atom. The fourth-order valence-electron chi connectivity index (χ4n) is 8.20. The van der Waals surface area contributed by atoms with Crippen LogP contribution in [-0.2, 0) is 20.1 Å². The van der Waals surface area contributed by atoms with Crippen LogP contribution >= 0.6 is 7.81 Å². The van der Waals surface area contributed by atoms with E-state index in [4.69, 9.17) is 10.6 Å². The van der Waals surface area contributed by atoms with E-state index < -0.39 is 7.81 Å². The summed E-state index contributed by atoms with van der Waals surface area (Å²) >= 11 is 0. The summed E-state index contributed by atoms with van der Waals surface area (Å²) in [5.41, 5.74) is 10.7. The Kier molecular flexibility index (Phi) is 19.4. The van der Waals surface area contributed by atoms with Crippen LogP contribution in [0.3, 0.4) is 0 Å². The standard InChI is InChI=1S/C18H34N2.2C15H21N.F6P.Ir/c1-17(2,3)13-7-9-19-15(11-13)16-12-14(8-10-20-16)18(4,5)6;2*1-15(2,3)13-9-7-12(8-10-13)14-6-4-5-11-16-14;1-7(2,3,4,5)6;/h13-16H,7-12H2,1-6H3;2*7,9-10,14H,4-6,11H2,1-3H3;;/q3*-2;-1;. The maximum Gasteiger partial charge on any atom is 0 e. The molecule has 4 nitrogen and oxygen atoms in total. The Morgan fingerprint density at radius 2 is 0.850 bits per heavy atom. The molecule has 4 heterocycles. The van der Waals surface area contributed by atoms with Gasteiger partial charge in [-0.3, -0.25) is 11.5 Å². The van der Waals surface area contributed by atoms with Crippen molar-refractivity contribution in [3.05, 3.63) is 92.2 Å². The molecule has 4 saturated heterocycles. The molecule has 0 amide bonds. The van der Waals surface area contributed by atoms with Gasteiger partial charge in [-0.25, -0.2) is 0 Å². The molecule has 0 spiro atoms. The summed E-state index contributed by atoms with van der Waals surface area (Å²) in [4.78, 5) is 0. The zero-order valence-electron chi connectivity index (χ0n) is 38.7. The average Bonchev–Trinajstić information content (AvgIpc) is 3.14. The van der Waals surface area contributed by atoms with Crippen molar-refractivity contribution in [2.75, 3.05) is 26.2 Å². The Bertz CT molecular complexity index is 1420. The first-order valence-corrected chi connectivity index (χ1v) is 24.1. The second kappa shape index (κ2) is 21.2. The molecule has 0 saturated carbocycles. The van der Waals surface area contributed by atoms with E-state index in [1.165, 1.54) is 87.2 Å². The minimum Gasteiger partial charge on any atom is 0 e. The number of rotatable bonds is 3. The van der Waals surface area contributed by atoms with Crippen LogP contribution < -0.4 is 0 Å². The fraction of sp³-hybridized carbons (Fsp3) is 0.750. The molecule has 6 rings (SSSR count). The monoisotopic (exact) mass is 1050 g/mol. The van der Waals surface area contributed by atoms with Crippen molar-refractivity contribution >= 4 is 7.81 Å². The second-order valence-electron chi connectivity index (χ2n) is 21.5. The van der Waals surface area contributed by atoms with Crippen LogP contribution in [0.4, 0.5) is 25.2 Å². The van der Waals surface area contributed by atoms with Crippen LogP contribution in [-0.4, -0.2) is 50.3 Å². The first-order valence-electron chi connectivity index (χ1n) is 22.0. The predicted octanol–water partition coefficient (Wildman–Crippen LogP) is 17.1. The molecule has 6 aliphatic rings. The summed E-state index contributed by atoms with van der Waals surface area (Å²) in [6.45, 7) is 31.9. The van der Waals surface area contributed by atoms with Crippen LogP contribution in [0.2, 0.25) is 0 Å². The third-order valence-electron chi connectivity index (χ3n) is 12.2. The van der Waals surface area contributed by atoms with Crippen LogP contribution in [0.25, 0.3) is 21.3 Å². The fourth-order valence-corrected chi connectivity index (χ4v) is 8.20. The summed E-state index contributed by atoms with van der Waals surface area (Å²) in [6.07, 6.45) is 25.8. The molecule has 351 valence electrons. The van der Waals surface area contributed by atoms with Crippen molar-refractivity contribution < 1.29 is 45.3 Å². The molecule has 4 aliphatic heterocycles. The molecule has 4 fully saturated rings. The topological polar surface area (TPSA) is 56.4 Å². The second-order valence-corrected chi connectivity index (χ2v) is 23.4. The Labute approximate surface area is 374 Å². The van der Waals surface area contributed by atoms with Gasteiger partial charge in [-0.15, -0.1) is 73.4 Å². The molecule has 0 bridgehead atoms. The van der Waals surface area contributed by atoms with Gasteiger partial charge in [0.15, 0.2) is 0 Å². The molecule has 0 N–H and O–H groups in total. The maximum atomic E-state index is 9.87. The molecule has 0 aromatic carbocycles. The Balaban J connectivity index is 0.000000287. The number of allylic oxidation sites excluding steroid dienone is 2. The minimum absolute atomic E-state index is 0. The molecular formula is C48H76F6IrN4P-7. The first kappa shape index (κ1) is 54.9. The van der Waals surface area contributed by atoms with E-state index >= 15 is 0 Å². The number of nitrogens with zero attached hydrogens (tertiary/aromatic N) is 4. The van der Waals surface area contributed by atoms with E-state index in [0.29, 0.717) is 35.0 Å². The summed E-state index contributed by atoms with van der Waals surface area (Å²) in [7, 11) is -10.7. The van der Waals surface area contributed by atoms with E-state index in [1.54, 1.807) is 0 Å². The van der Waals surface area contributed by atoms with Gasteiger partial charge in [0.1, 0.15) is 0 Å². The van der Waals surface area contributed by atoms with Crippen LogP contribution in [0.5, 0.6) is 0 Å². The van der Waals surface area contributed by atoms with Crippen LogP contribution in [0.1, 0.15) is 147 Å². The van der Waals surface area contributed by atoms with Gasteiger partial charge in [-0.1, -0.05) is 158 Å². The maximum absolute atomic E-state index is 10.7. The van der Waals surface area contributed by atoms with E-state index in [0.717, 1.165) is 38.0 Å². The predicted molar refractivity (Wildman–Crippen MR) is 241 cm³/mol. The van der Waals surface area contributed by atoms with Crippen molar-refractivity contribution in [2.24, 2.45) is 33.5 Å². The van der Waals surface area contributed by atoms with Gasteiger partial charge in [0.05, 0.1) is 0 Å². The van der Waals surface area contributed by atoms with E-state index in [-0.39, 0.29) is 30.9 Å². The average molecular weight is 1050 g/mol. The number of piperidine rings is 4.